The van der Waals surface area contributed by atoms with Crippen molar-refractivity contribution in [1.82, 2.24) is 15.5 Å². The van der Waals surface area contributed by atoms with Crippen molar-refractivity contribution < 1.29 is 9.21 Å². The van der Waals surface area contributed by atoms with Gasteiger partial charge in [0.15, 0.2) is 5.96 Å². The van der Waals surface area contributed by atoms with Crippen molar-refractivity contribution in [3.8, 4) is 0 Å². The van der Waals surface area contributed by atoms with E-state index in [9.17, 15) is 4.79 Å². The van der Waals surface area contributed by atoms with Crippen molar-refractivity contribution in [1.29, 1.82) is 0 Å². The third-order valence-corrected chi connectivity index (χ3v) is 4.72. The first-order valence-corrected chi connectivity index (χ1v) is 9.28. The van der Waals surface area contributed by atoms with E-state index >= 15 is 0 Å². The summed E-state index contributed by atoms with van der Waals surface area (Å²) in [5.41, 5.74) is 1.13. The molecular weight excluding hydrogens is 493 g/mol. The van der Waals surface area contributed by atoms with Gasteiger partial charge in [-0.1, -0.05) is 11.6 Å². The Morgan fingerprint density at radius 3 is 2.46 bits per heavy atom. The summed E-state index contributed by atoms with van der Waals surface area (Å²) in [4.78, 5) is 20.7. The summed E-state index contributed by atoms with van der Waals surface area (Å²) >= 11 is 5.94. The van der Waals surface area contributed by atoms with Gasteiger partial charge in [-0.3, -0.25) is 9.79 Å². The van der Waals surface area contributed by atoms with Crippen LogP contribution in [0.15, 0.2) is 52.1 Å². The molecule has 2 N–H and O–H groups in total. The van der Waals surface area contributed by atoms with Crippen LogP contribution in [0.2, 0.25) is 5.02 Å². The number of guanidine groups is 1. The van der Waals surface area contributed by atoms with Crippen molar-refractivity contribution in [3.63, 3.8) is 0 Å². The molecule has 0 aliphatic carbocycles. The normalized spacial score (nSPS) is 14.4. The first kappa shape index (κ1) is 22.4. The van der Waals surface area contributed by atoms with E-state index in [1.807, 2.05) is 41.3 Å². The molecule has 1 aromatic heterocycles. The average Bonchev–Trinajstić information content (AvgIpc) is 3.22. The Kier molecular flexibility index (Phi) is 8.91. The van der Waals surface area contributed by atoms with Gasteiger partial charge in [0.05, 0.1) is 19.4 Å². The second kappa shape index (κ2) is 11.2. The fraction of sp³-hybridized carbons (Fsp3) is 0.368. The second-order valence-corrected chi connectivity index (χ2v) is 6.64. The van der Waals surface area contributed by atoms with Crippen molar-refractivity contribution >= 4 is 53.1 Å². The predicted octanol–water partition coefficient (Wildman–Crippen LogP) is 2.56. The molecule has 0 radical (unpaired) electrons. The van der Waals surface area contributed by atoms with E-state index in [-0.39, 0.29) is 36.4 Å². The van der Waals surface area contributed by atoms with E-state index in [2.05, 4.69) is 20.5 Å². The zero-order chi connectivity index (χ0) is 19.1. The van der Waals surface area contributed by atoms with Gasteiger partial charge in [-0.25, -0.2) is 0 Å². The zero-order valence-corrected chi connectivity index (χ0v) is 18.8. The number of nitrogens with one attached hydrogen (secondary N) is 2. The number of aliphatic imine (C=N–C) groups is 1. The van der Waals surface area contributed by atoms with Crippen LogP contribution in [0.25, 0.3) is 0 Å². The Morgan fingerprint density at radius 1 is 1.14 bits per heavy atom. The minimum absolute atomic E-state index is 0. The van der Waals surface area contributed by atoms with Gasteiger partial charge in [-0.15, -0.1) is 24.0 Å². The highest BCUT2D eigenvalue weighted by Crippen LogP contribution is 2.19. The minimum atomic E-state index is 0. The molecule has 2 aromatic rings. The highest BCUT2D eigenvalue weighted by atomic mass is 127. The number of rotatable bonds is 5. The van der Waals surface area contributed by atoms with E-state index in [4.69, 9.17) is 16.0 Å². The van der Waals surface area contributed by atoms with E-state index < -0.39 is 0 Å². The Labute approximate surface area is 187 Å². The third kappa shape index (κ3) is 6.30. The molecule has 1 fully saturated rings. The number of carbonyl (C=O) groups excluding carboxylic acids is 1. The van der Waals surface area contributed by atoms with Crippen molar-refractivity contribution in [2.75, 3.05) is 44.7 Å². The zero-order valence-electron chi connectivity index (χ0n) is 15.7. The number of nitrogens with zero attached hydrogens (tertiary/aromatic N) is 3. The summed E-state index contributed by atoms with van der Waals surface area (Å²) < 4.78 is 5.27. The SMILES string of the molecule is CN=C(NCC(=O)N1CCN(c2ccc(Cl)cc2)CC1)NCc1ccco1.I. The average molecular weight is 518 g/mol. The molecule has 0 bridgehead atoms. The standard InChI is InChI=1S/C19H24ClN5O2.HI/c1-21-19(22-13-17-3-2-12-27-17)23-14-18(26)25-10-8-24(9-11-25)16-6-4-15(20)5-7-16;/h2-7,12H,8-11,13-14H2,1H3,(H2,21,22,23);1H. The molecule has 0 unspecified atom stereocenters. The van der Waals surface area contributed by atoms with Gasteiger partial charge in [0.1, 0.15) is 5.76 Å². The van der Waals surface area contributed by atoms with Gasteiger partial charge in [-0.05, 0) is 36.4 Å². The maximum absolute atomic E-state index is 12.5. The van der Waals surface area contributed by atoms with Crippen molar-refractivity contribution in [3.05, 3.63) is 53.4 Å². The predicted molar refractivity (Wildman–Crippen MR) is 123 cm³/mol. The van der Waals surface area contributed by atoms with Crippen LogP contribution in [0.4, 0.5) is 5.69 Å². The Bertz CT molecular complexity index is 759. The maximum atomic E-state index is 12.5. The molecular formula is C19H25ClIN5O2. The topological polar surface area (TPSA) is 73.1 Å². The van der Waals surface area contributed by atoms with Crippen LogP contribution in [0.1, 0.15) is 5.76 Å². The minimum Gasteiger partial charge on any atom is -0.467 e. The molecule has 7 nitrogen and oxygen atoms in total. The lowest BCUT2D eigenvalue weighted by atomic mass is 10.2. The smallest absolute Gasteiger partial charge is 0.242 e. The summed E-state index contributed by atoms with van der Waals surface area (Å²) in [6.07, 6.45) is 1.63. The molecule has 1 aliphatic heterocycles. The van der Waals surface area contributed by atoms with Gasteiger partial charge in [0.2, 0.25) is 5.91 Å². The fourth-order valence-corrected chi connectivity index (χ4v) is 3.07. The molecule has 1 amide bonds. The van der Waals surface area contributed by atoms with Gasteiger partial charge in [-0.2, -0.15) is 0 Å². The first-order valence-electron chi connectivity index (χ1n) is 8.91. The second-order valence-electron chi connectivity index (χ2n) is 6.20. The molecule has 0 spiro atoms. The van der Waals surface area contributed by atoms with Gasteiger partial charge < -0.3 is 24.9 Å². The molecule has 3 rings (SSSR count). The van der Waals surface area contributed by atoms with E-state index in [0.717, 1.165) is 29.6 Å². The largest absolute Gasteiger partial charge is 0.467 e. The number of furan rings is 1. The Hall–Kier alpha value is -1.94. The summed E-state index contributed by atoms with van der Waals surface area (Å²) in [5.74, 6) is 1.44. The molecule has 9 heteroatoms. The van der Waals surface area contributed by atoms with Crippen LogP contribution in [-0.2, 0) is 11.3 Å². The number of piperazine rings is 1. The van der Waals surface area contributed by atoms with Crippen LogP contribution in [-0.4, -0.2) is 56.5 Å². The molecule has 1 aromatic carbocycles. The van der Waals surface area contributed by atoms with E-state index in [0.29, 0.717) is 25.6 Å². The van der Waals surface area contributed by atoms with Crippen LogP contribution < -0.4 is 15.5 Å². The van der Waals surface area contributed by atoms with E-state index in [1.54, 1.807) is 13.3 Å². The molecule has 152 valence electrons. The number of hydrogen-bond acceptors (Lipinski definition) is 4. The van der Waals surface area contributed by atoms with Crippen LogP contribution in [0.5, 0.6) is 0 Å². The number of anilines is 1. The Morgan fingerprint density at radius 2 is 1.86 bits per heavy atom. The molecule has 1 saturated heterocycles. The molecule has 2 heterocycles. The lowest BCUT2D eigenvalue weighted by Crippen LogP contribution is -2.52. The highest BCUT2D eigenvalue weighted by molar-refractivity contribution is 14.0. The Balaban J connectivity index is 0.00000280. The van der Waals surface area contributed by atoms with Crippen molar-refractivity contribution in [2.24, 2.45) is 4.99 Å². The summed E-state index contributed by atoms with van der Waals surface area (Å²) in [6, 6.07) is 11.5. The lowest BCUT2D eigenvalue weighted by molar-refractivity contribution is -0.130. The summed E-state index contributed by atoms with van der Waals surface area (Å²) in [7, 11) is 1.67. The molecule has 28 heavy (non-hydrogen) atoms. The van der Waals surface area contributed by atoms with Gasteiger partial charge >= 0.3 is 0 Å². The molecule has 1 aliphatic rings. The number of carbonyl (C=O) groups is 1. The highest BCUT2D eigenvalue weighted by Gasteiger charge is 2.21. The van der Waals surface area contributed by atoms with Gasteiger partial charge in [0, 0.05) is 43.9 Å². The maximum Gasteiger partial charge on any atom is 0.242 e. The van der Waals surface area contributed by atoms with Crippen LogP contribution >= 0.6 is 35.6 Å². The van der Waals surface area contributed by atoms with E-state index in [1.165, 1.54) is 0 Å². The van der Waals surface area contributed by atoms with Crippen molar-refractivity contribution in [2.45, 2.75) is 6.54 Å². The summed E-state index contributed by atoms with van der Waals surface area (Å²) in [6.45, 7) is 3.72. The molecule has 0 atom stereocenters. The quantitative estimate of drug-likeness (QED) is 0.362. The third-order valence-electron chi connectivity index (χ3n) is 4.46. The van der Waals surface area contributed by atoms with Crippen LogP contribution in [0, 0.1) is 0 Å². The number of halogens is 2. The molecule has 0 saturated carbocycles. The summed E-state index contributed by atoms with van der Waals surface area (Å²) in [5, 5.41) is 6.90. The fourth-order valence-electron chi connectivity index (χ4n) is 2.94. The number of hydrogen-bond donors (Lipinski definition) is 2. The van der Waals surface area contributed by atoms with Gasteiger partial charge in [0.25, 0.3) is 0 Å². The number of amides is 1. The lowest BCUT2D eigenvalue weighted by Gasteiger charge is -2.36. The number of benzene rings is 1. The monoisotopic (exact) mass is 517 g/mol. The first-order chi connectivity index (χ1) is 13.2. The van der Waals surface area contributed by atoms with Crippen LogP contribution in [0.3, 0.4) is 0 Å².